The molecule has 25 heavy (non-hydrogen) atoms. The Labute approximate surface area is 154 Å². The van der Waals surface area contributed by atoms with Crippen LogP contribution in [0.15, 0.2) is 54.9 Å². The van der Waals surface area contributed by atoms with Crippen molar-refractivity contribution in [3.63, 3.8) is 0 Å². The summed E-state index contributed by atoms with van der Waals surface area (Å²) in [6, 6.07) is 9.77. The number of benzene rings is 1. The second kappa shape index (κ2) is 9.82. The van der Waals surface area contributed by atoms with Crippen molar-refractivity contribution in [1.82, 2.24) is 5.32 Å². The van der Waals surface area contributed by atoms with E-state index >= 15 is 0 Å². The molecule has 0 aliphatic heterocycles. The monoisotopic (exact) mass is 411 g/mol. The quantitative estimate of drug-likeness (QED) is 0.256. The fourth-order valence-electron chi connectivity index (χ4n) is 2.21. The third kappa shape index (κ3) is 5.89. The Morgan fingerprint density at radius 2 is 1.80 bits per heavy atom. The number of aromatic nitrogens is 1. The molecule has 2 aromatic rings. The molecule has 0 aliphatic rings. The van der Waals surface area contributed by atoms with Crippen LogP contribution in [0.1, 0.15) is 11.7 Å². The molecule has 0 saturated carbocycles. The molecule has 1 heterocycles. The Hall–Kier alpha value is -2.36. The van der Waals surface area contributed by atoms with Crippen LogP contribution in [0, 0.1) is 10.1 Å². The number of hydrogen-bond donors (Lipinski definition) is 3. The summed E-state index contributed by atoms with van der Waals surface area (Å²) in [6.07, 6.45) is 2.26. The fraction of sp³-hybridized carbons (Fsp3) is 0.250. The van der Waals surface area contributed by atoms with Crippen molar-refractivity contribution < 1.29 is 41.5 Å². The lowest BCUT2D eigenvalue weighted by Gasteiger charge is -2.22. The highest BCUT2D eigenvalue weighted by Gasteiger charge is 2.24. The van der Waals surface area contributed by atoms with Crippen LogP contribution in [0.3, 0.4) is 0 Å². The normalized spacial score (nSPS) is 12.6. The smallest absolute Gasteiger partial charge is 0.286 e. The van der Waals surface area contributed by atoms with Crippen molar-refractivity contribution in [2.24, 2.45) is 0 Å². The molecule has 2 rings (SSSR count). The number of rotatable bonds is 7. The lowest BCUT2D eigenvalue weighted by Crippen LogP contribution is -3.00. The Morgan fingerprint density at radius 1 is 1.20 bits per heavy atom. The minimum absolute atomic E-state index is 0. The van der Waals surface area contributed by atoms with E-state index in [0.717, 1.165) is 0 Å². The molecule has 1 aromatic carbocycles. The zero-order valence-corrected chi connectivity index (χ0v) is 14.7. The molecule has 0 radical (unpaired) electrons. The number of halogens is 1. The number of nitrogens with zero attached hydrogens (tertiary/aromatic N) is 2. The van der Waals surface area contributed by atoms with Crippen molar-refractivity contribution in [2.75, 3.05) is 6.61 Å². The number of nitro benzene ring substituents is 1. The average Bonchev–Trinajstić information content (AvgIpc) is 2.60. The van der Waals surface area contributed by atoms with E-state index in [0.29, 0.717) is 5.56 Å². The minimum atomic E-state index is -1.18. The SMILES string of the molecule is O=C(C[n+]1ccccc1)N[C@@H](CO)[C@@H](O)c1ccc([N+](=O)[O-])cc1.[Br-]. The number of pyridine rings is 1. The highest BCUT2D eigenvalue weighted by atomic mass is 79.9. The lowest BCUT2D eigenvalue weighted by atomic mass is 10.0. The average molecular weight is 412 g/mol. The van der Waals surface area contributed by atoms with Crippen LogP contribution in [0.5, 0.6) is 0 Å². The van der Waals surface area contributed by atoms with Crippen molar-refractivity contribution in [3.8, 4) is 0 Å². The highest BCUT2D eigenvalue weighted by molar-refractivity contribution is 5.74. The van der Waals surface area contributed by atoms with Crippen molar-refractivity contribution >= 4 is 11.6 Å². The Morgan fingerprint density at radius 3 is 2.32 bits per heavy atom. The zero-order valence-electron chi connectivity index (χ0n) is 13.2. The van der Waals surface area contributed by atoms with Gasteiger partial charge in [-0.3, -0.25) is 14.9 Å². The van der Waals surface area contributed by atoms with Crippen molar-refractivity contribution in [1.29, 1.82) is 0 Å². The zero-order chi connectivity index (χ0) is 17.5. The van der Waals surface area contributed by atoms with Crippen LogP contribution in [-0.2, 0) is 11.3 Å². The number of amides is 1. The second-order valence-electron chi connectivity index (χ2n) is 5.20. The number of nitro groups is 1. The molecule has 0 fully saturated rings. The molecule has 0 spiro atoms. The summed E-state index contributed by atoms with van der Waals surface area (Å²) in [6.45, 7) is -0.423. The molecule has 9 heteroatoms. The molecule has 2 atom stereocenters. The first-order valence-electron chi connectivity index (χ1n) is 7.28. The predicted molar refractivity (Wildman–Crippen MR) is 83.7 cm³/mol. The second-order valence-corrected chi connectivity index (χ2v) is 5.20. The van der Waals surface area contributed by atoms with E-state index < -0.39 is 23.7 Å². The van der Waals surface area contributed by atoms with E-state index in [-0.39, 0.29) is 35.1 Å². The molecular formula is C16H18BrN3O5. The number of carbonyl (C=O) groups is 1. The van der Waals surface area contributed by atoms with E-state index in [4.69, 9.17) is 0 Å². The first kappa shape index (κ1) is 20.7. The molecule has 0 aliphatic carbocycles. The van der Waals surface area contributed by atoms with Crippen LogP contribution in [0.2, 0.25) is 0 Å². The van der Waals surface area contributed by atoms with Gasteiger partial charge in [-0.25, -0.2) is 0 Å². The summed E-state index contributed by atoms with van der Waals surface area (Å²) < 4.78 is 1.65. The largest absolute Gasteiger partial charge is 1.00 e. The molecule has 1 aromatic heterocycles. The van der Waals surface area contributed by atoms with Crippen LogP contribution < -0.4 is 26.9 Å². The van der Waals surface area contributed by atoms with E-state index in [1.807, 2.05) is 6.07 Å². The molecule has 0 bridgehead atoms. The number of aliphatic hydroxyl groups excluding tert-OH is 2. The van der Waals surface area contributed by atoms with Crippen molar-refractivity contribution in [2.45, 2.75) is 18.7 Å². The molecule has 1 amide bonds. The van der Waals surface area contributed by atoms with Gasteiger partial charge < -0.3 is 32.5 Å². The topological polar surface area (TPSA) is 117 Å². The van der Waals surface area contributed by atoms with Gasteiger partial charge in [0, 0.05) is 24.3 Å². The standard InChI is InChI=1S/C16H17N3O5.BrH/c20-11-14(17-15(21)10-18-8-2-1-3-9-18)16(22)12-4-6-13(7-5-12)19(23)24;/h1-9,14,16,20,22H,10-11H2;1H/t14-,16-;/m0./s1. The van der Waals surface area contributed by atoms with Gasteiger partial charge in [-0.2, -0.15) is 4.57 Å². The van der Waals surface area contributed by atoms with Gasteiger partial charge in [0.25, 0.3) is 11.6 Å². The third-order valence-corrected chi connectivity index (χ3v) is 3.47. The summed E-state index contributed by atoms with van der Waals surface area (Å²) in [5.41, 5.74) is 0.267. The van der Waals surface area contributed by atoms with Crippen LogP contribution >= 0.6 is 0 Å². The van der Waals surface area contributed by atoms with Crippen LogP contribution in [-0.4, -0.2) is 33.7 Å². The minimum Gasteiger partial charge on any atom is -1.00 e. The molecular weight excluding hydrogens is 394 g/mol. The van der Waals surface area contributed by atoms with Gasteiger partial charge in [0.1, 0.15) is 6.10 Å². The van der Waals surface area contributed by atoms with Gasteiger partial charge in [0.15, 0.2) is 12.4 Å². The summed E-state index contributed by atoms with van der Waals surface area (Å²) >= 11 is 0. The highest BCUT2D eigenvalue weighted by Crippen LogP contribution is 2.20. The summed E-state index contributed by atoms with van der Waals surface area (Å²) in [5.74, 6) is -0.369. The lowest BCUT2D eigenvalue weighted by molar-refractivity contribution is -0.684. The molecule has 8 nitrogen and oxygen atoms in total. The maximum absolute atomic E-state index is 12.0. The number of hydrogen-bond acceptors (Lipinski definition) is 5. The van der Waals surface area contributed by atoms with E-state index in [1.165, 1.54) is 24.3 Å². The fourth-order valence-corrected chi connectivity index (χ4v) is 2.21. The Bertz CT molecular complexity index is 697. The van der Waals surface area contributed by atoms with E-state index in [9.17, 15) is 25.1 Å². The molecule has 134 valence electrons. The number of nitrogens with one attached hydrogen (secondary N) is 1. The Kier molecular flexibility index (Phi) is 8.12. The third-order valence-electron chi connectivity index (χ3n) is 3.47. The first-order chi connectivity index (χ1) is 11.5. The molecule has 0 saturated heterocycles. The Balaban J connectivity index is 0.00000312. The number of aliphatic hydroxyl groups is 2. The van der Waals surface area contributed by atoms with Gasteiger partial charge in [-0.15, -0.1) is 0 Å². The van der Waals surface area contributed by atoms with E-state index in [1.54, 1.807) is 29.1 Å². The number of non-ortho nitro benzene ring substituents is 1. The van der Waals surface area contributed by atoms with Crippen LogP contribution in [0.25, 0.3) is 0 Å². The van der Waals surface area contributed by atoms with E-state index in [2.05, 4.69) is 5.32 Å². The van der Waals surface area contributed by atoms with Gasteiger partial charge in [-0.1, -0.05) is 6.07 Å². The van der Waals surface area contributed by atoms with Crippen molar-refractivity contribution in [3.05, 3.63) is 70.5 Å². The van der Waals surface area contributed by atoms with Gasteiger partial charge in [0.05, 0.1) is 17.6 Å². The predicted octanol–water partition coefficient (Wildman–Crippen LogP) is -2.90. The van der Waals surface area contributed by atoms with Gasteiger partial charge in [-0.05, 0) is 17.7 Å². The summed E-state index contributed by atoms with van der Waals surface area (Å²) in [7, 11) is 0. The first-order valence-corrected chi connectivity index (χ1v) is 7.28. The van der Waals surface area contributed by atoms with Crippen LogP contribution in [0.4, 0.5) is 5.69 Å². The number of carbonyl (C=O) groups excluding carboxylic acids is 1. The maximum atomic E-state index is 12.0. The summed E-state index contributed by atoms with van der Waals surface area (Å²) in [5, 5.41) is 32.9. The summed E-state index contributed by atoms with van der Waals surface area (Å²) in [4.78, 5) is 22.1. The van der Waals surface area contributed by atoms with Gasteiger partial charge in [0.2, 0.25) is 6.54 Å². The molecule has 0 unspecified atom stereocenters. The maximum Gasteiger partial charge on any atom is 0.286 e. The molecule has 3 N–H and O–H groups in total. The van der Waals surface area contributed by atoms with Gasteiger partial charge >= 0.3 is 0 Å².